The summed E-state index contributed by atoms with van der Waals surface area (Å²) in [6.07, 6.45) is 3.29. The van der Waals surface area contributed by atoms with Crippen LogP contribution in [-0.4, -0.2) is 36.5 Å². The van der Waals surface area contributed by atoms with Gasteiger partial charge in [-0.25, -0.2) is 0 Å². The monoisotopic (exact) mass is 240 g/mol. The molecule has 100 valence electrons. The predicted molar refractivity (Wildman–Crippen MR) is 71.9 cm³/mol. The molecule has 0 bridgehead atoms. The van der Waals surface area contributed by atoms with E-state index in [1.807, 2.05) is 0 Å². The molecular weight excluding hydrogens is 212 g/mol. The number of carbonyl (C=O) groups excluding carboxylic acids is 1. The molecule has 1 aliphatic heterocycles. The van der Waals surface area contributed by atoms with E-state index in [4.69, 9.17) is 0 Å². The highest BCUT2D eigenvalue weighted by molar-refractivity contribution is 5.79. The molecule has 1 fully saturated rings. The lowest BCUT2D eigenvalue weighted by molar-refractivity contribution is -0.138. The standard InChI is InChI=1S/C14H28N2O/c1-11(2)7-9-16(12(3)4)14(17)13-6-5-8-15-10-13/h11-13,15H,5-10H2,1-4H3. The average Bonchev–Trinajstić information content (AvgIpc) is 2.29. The summed E-state index contributed by atoms with van der Waals surface area (Å²) in [4.78, 5) is 14.5. The Hall–Kier alpha value is -0.570. The van der Waals surface area contributed by atoms with Crippen LogP contribution in [0.4, 0.5) is 0 Å². The first kappa shape index (κ1) is 14.5. The molecule has 0 aliphatic carbocycles. The zero-order valence-electron chi connectivity index (χ0n) is 11.8. The van der Waals surface area contributed by atoms with Gasteiger partial charge in [0.2, 0.25) is 5.91 Å². The van der Waals surface area contributed by atoms with Gasteiger partial charge in [-0.15, -0.1) is 0 Å². The van der Waals surface area contributed by atoms with Gasteiger partial charge in [-0.2, -0.15) is 0 Å². The van der Waals surface area contributed by atoms with Crippen molar-refractivity contribution in [3.05, 3.63) is 0 Å². The highest BCUT2D eigenvalue weighted by Gasteiger charge is 2.27. The molecule has 0 aromatic heterocycles. The summed E-state index contributed by atoms with van der Waals surface area (Å²) in [6.45, 7) is 11.5. The summed E-state index contributed by atoms with van der Waals surface area (Å²) in [6, 6.07) is 0.322. The van der Waals surface area contributed by atoms with E-state index < -0.39 is 0 Å². The molecule has 0 radical (unpaired) electrons. The van der Waals surface area contributed by atoms with Crippen LogP contribution in [0.2, 0.25) is 0 Å². The Balaban J connectivity index is 2.52. The first-order chi connectivity index (χ1) is 8.02. The highest BCUT2D eigenvalue weighted by atomic mass is 16.2. The quantitative estimate of drug-likeness (QED) is 0.799. The second kappa shape index (κ2) is 7.00. The van der Waals surface area contributed by atoms with E-state index in [-0.39, 0.29) is 5.92 Å². The normalized spacial score (nSPS) is 20.9. The number of nitrogens with zero attached hydrogens (tertiary/aromatic N) is 1. The molecule has 1 aliphatic rings. The summed E-state index contributed by atoms with van der Waals surface area (Å²) in [7, 11) is 0. The molecule has 0 spiro atoms. The number of rotatable bonds is 5. The molecule has 0 saturated carbocycles. The fourth-order valence-corrected chi connectivity index (χ4v) is 2.32. The Morgan fingerprint density at radius 1 is 1.35 bits per heavy atom. The van der Waals surface area contributed by atoms with E-state index in [1.165, 1.54) is 0 Å². The molecular formula is C14H28N2O. The SMILES string of the molecule is CC(C)CCN(C(=O)C1CCCNC1)C(C)C. The Labute approximate surface area is 106 Å². The first-order valence-corrected chi connectivity index (χ1v) is 7.03. The van der Waals surface area contributed by atoms with Gasteiger partial charge in [0.1, 0.15) is 0 Å². The number of hydrogen-bond acceptors (Lipinski definition) is 2. The molecule has 17 heavy (non-hydrogen) atoms. The van der Waals surface area contributed by atoms with Crippen molar-refractivity contribution in [1.82, 2.24) is 10.2 Å². The second-order valence-electron chi connectivity index (χ2n) is 5.85. The van der Waals surface area contributed by atoms with Gasteiger partial charge < -0.3 is 10.2 Å². The maximum atomic E-state index is 12.4. The van der Waals surface area contributed by atoms with Gasteiger partial charge in [0.25, 0.3) is 0 Å². The smallest absolute Gasteiger partial charge is 0.227 e. The molecule has 1 N–H and O–H groups in total. The van der Waals surface area contributed by atoms with Crippen molar-refractivity contribution in [2.45, 2.75) is 53.0 Å². The van der Waals surface area contributed by atoms with Crippen LogP contribution in [0.15, 0.2) is 0 Å². The number of amides is 1. The van der Waals surface area contributed by atoms with Crippen molar-refractivity contribution in [2.75, 3.05) is 19.6 Å². The van der Waals surface area contributed by atoms with Crippen molar-refractivity contribution < 1.29 is 4.79 Å². The molecule has 3 heteroatoms. The van der Waals surface area contributed by atoms with E-state index in [2.05, 4.69) is 37.9 Å². The van der Waals surface area contributed by atoms with Crippen LogP contribution in [0.25, 0.3) is 0 Å². The van der Waals surface area contributed by atoms with Crippen molar-refractivity contribution >= 4 is 5.91 Å². The fourth-order valence-electron chi connectivity index (χ4n) is 2.32. The van der Waals surface area contributed by atoms with Crippen LogP contribution < -0.4 is 5.32 Å². The van der Waals surface area contributed by atoms with Crippen molar-refractivity contribution in [3.8, 4) is 0 Å². The third-order valence-electron chi connectivity index (χ3n) is 3.50. The number of nitrogens with one attached hydrogen (secondary N) is 1. The molecule has 0 aromatic rings. The molecule has 1 rings (SSSR count). The van der Waals surface area contributed by atoms with Crippen LogP contribution in [0.1, 0.15) is 47.0 Å². The summed E-state index contributed by atoms with van der Waals surface area (Å²) >= 11 is 0. The second-order valence-corrected chi connectivity index (χ2v) is 5.85. The average molecular weight is 240 g/mol. The first-order valence-electron chi connectivity index (χ1n) is 7.03. The van der Waals surface area contributed by atoms with E-state index in [0.717, 1.165) is 38.9 Å². The largest absolute Gasteiger partial charge is 0.340 e. The summed E-state index contributed by atoms with van der Waals surface area (Å²) in [5.41, 5.74) is 0. The molecule has 1 saturated heterocycles. The third-order valence-corrected chi connectivity index (χ3v) is 3.50. The maximum absolute atomic E-state index is 12.4. The van der Waals surface area contributed by atoms with Crippen molar-refractivity contribution in [2.24, 2.45) is 11.8 Å². The summed E-state index contributed by atoms with van der Waals surface area (Å²) in [5.74, 6) is 1.22. The van der Waals surface area contributed by atoms with Crippen LogP contribution in [-0.2, 0) is 4.79 Å². The van der Waals surface area contributed by atoms with Gasteiger partial charge in [0.05, 0.1) is 5.92 Å². The topological polar surface area (TPSA) is 32.3 Å². The van der Waals surface area contributed by atoms with Crippen LogP contribution in [0, 0.1) is 11.8 Å². The zero-order chi connectivity index (χ0) is 12.8. The minimum Gasteiger partial charge on any atom is -0.340 e. The van der Waals surface area contributed by atoms with E-state index in [0.29, 0.717) is 17.9 Å². The van der Waals surface area contributed by atoms with Crippen LogP contribution in [0.5, 0.6) is 0 Å². The van der Waals surface area contributed by atoms with E-state index in [9.17, 15) is 4.79 Å². The Bertz CT molecular complexity index is 232. The Kier molecular flexibility index (Phi) is 5.96. The molecule has 3 nitrogen and oxygen atoms in total. The molecule has 1 atom stereocenters. The fraction of sp³-hybridized carbons (Fsp3) is 0.929. The van der Waals surface area contributed by atoms with Crippen molar-refractivity contribution in [3.63, 3.8) is 0 Å². The zero-order valence-corrected chi connectivity index (χ0v) is 11.8. The summed E-state index contributed by atoms with van der Waals surface area (Å²) < 4.78 is 0. The lowest BCUT2D eigenvalue weighted by Crippen LogP contribution is -2.46. The van der Waals surface area contributed by atoms with Gasteiger partial charge in [0.15, 0.2) is 0 Å². The lowest BCUT2D eigenvalue weighted by atomic mass is 9.97. The van der Waals surface area contributed by atoms with Gasteiger partial charge >= 0.3 is 0 Å². The molecule has 0 aromatic carbocycles. The summed E-state index contributed by atoms with van der Waals surface area (Å²) in [5, 5.41) is 3.33. The highest BCUT2D eigenvalue weighted by Crippen LogP contribution is 2.16. The van der Waals surface area contributed by atoms with Gasteiger partial charge in [-0.3, -0.25) is 4.79 Å². The van der Waals surface area contributed by atoms with E-state index >= 15 is 0 Å². The Morgan fingerprint density at radius 3 is 2.53 bits per heavy atom. The van der Waals surface area contributed by atoms with Gasteiger partial charge in [-0.05, 0) is 45.6 Å². The van der Waals surface area contributed by atoms with Gasteiger partial charge in [-0.1, -0.05) is 13.8 Å². The number of piperidine rings is 1. The number of carbonyl (C=O) groups is 1. The minimum absolute atomic E-state index is 0.207. The Morgan fingerprint density at radius 2 is 2.06 bits per heavy atom. The molecule has 1 unspecified atom stereocenters. The van der Waals surface area contributed by atoms with Crippen LogP contribution in [0.3, 0.4) is 0 Å². The molecule has 1 amide bonds. The van der Waals surface area contributed by atoms with Crippen LogP contribution >= 0.6 is 0 Å². The molecule has 1 heterocycles. The van der Waals surface area contributed by atoms with Crippen molar-refractivity contribution in [1.29, 1.82) is 0 Å². The minimum atomic E-state index is 0.207. The van der Waals surface area contributed by atoms with Gasteiger partial charge in [0, 0.05) is 19.1 Å². The third kappa shape index (κ3) is 4.66. The number of hydrogen-bond donors (Lipinski definition) is 1. The maximum Gasteiger partial charge on any atom is 0.227 e. The predicted octanol–water partition coefficient (Wildman–Crippen LogP) is 2.27. The lowest BCUT2D eigenvalue weighted by Gasteiger charge is -2.33. The van der Waals surface area contributed by atoms with E-state index in [1.54, 1.807) is 0 Å².